The van der Waals surface area contributed by atoms with Gasteiger partial charge in [0.25, 0.3) is 0 Å². The average molecular weight is 283 g/mol. The summed E-state index contributed by atoms with van der Waals surface area (Å²) in [5, 5.41) is 13.3. The highest BCUT2D eigenvalue weighted by Gasteiger charge is 2.32. The Kier molecular flexibility index (Phi) is 4.79. The zero-order chi connectivity index (χ0) is 13.9. The van der Waals surface area contributed by atoms with Gasteiger partial charge in [-0.3, -0.25) is 0 Å². The summed E-state index contributed by atoms with van der Waals surface area (Å²) in [7, 11) is 0. The summed E-state index contributed by atoms with van der Waals surface area (Å²) in [6, 6.07) is 0. The highest BCUT2D eigenvalue weighted by molar-refractivity contribution is 7.15. The van der Waals surface area contributed by atoms with E-state index in [-0.39, 0.29) is 0 Å². The first-order valence-corrected chi connectivity index (χ1v) is 7.98. The van der Waals surface area contributed by atoms with E-state index in [4.69, 9.17) is 4.74 Å². The van der Waals surface area contributed by atoms with Crippen LogP contribution >= 0.6 is 11.3 Å². The Balaban J connectivity index is 1.84. The molecule has 2 rings (SSSR count). The standard InChI is InChI=1S/C14H25N3OS/c1-5-15-13-17-16-12(19-13)9-18-11-6-10(2)7-14(3,4)8-11/h10-11H,5-9H2,1-4H3,(H,15,17). The normalized spacial score (nSPS) is 26.3. The third kappa shape index (κ3) is 4.42. The Labute approximate surface area is 120 Å². The van der Waals surface area contributed by atoms with Gasteiger partial charge in [-0.2, -0.15) is 0 Å². The number of aromatic nitrogens is 2. The first-order chi connectivity index (χ1) is 8.98. The monoisotopic (exact) mass is 283 g/mol. The lowest BCUT2D eigenvalue weighted by molar-refractivity contribution is -0.0318. The highest BCUT2D eigenvalue weighted by Crippen LogP contribution is 2.39. The zero-order valence-electron chi connectivity index (χ0n) is 12.4. The molecule has 1 heterocycles. The fraction of sp³-hybridized carbons (Fsp3) is 0.857. The van der Waals surface area contributed by atoms with Crippen molar-refractivity contribution in [2.45, 2.75) is 59.7 Å². The fourth-order valence-electron chi connectivity index (χ4n) is 3.11. The minimum atomic E-state index is 0.366. The van der Waals surface area contributed by atoms with Crippen molar-refractivity contribution in [3.63, 3.8) is 0 Å². The van der Waals surface area contributed by atoms with E-state index in [2.05, 4.69) is 43.2 Å². The van der Waals surface area contributed by atoms with Gasteiger partial charge in [0.15, 0.2) is 0 Å². The molecule has 2 atom stereocenters. The van der Waals surface area contributed by atoms with Crippen LogP contribution in [0.2, 0.25) is 0 Å². The molecule has 2 unspecified atom stereocenters. The Morgan fingerprint density at radius 3 is 2.84 bits per heavy atom. The van der Waals surface area contributed by atoms with Crippen LogP contribution in [0.4, 0.5) is 5.13 Å². The lowest BCUT2D eigenvalue weighted by Crippen LogP contribution is -2.32. The summed E-state index contributed by atoms with van der Waals surface area (Å²) in [4.78, 5) is 0. The topological polar surface area (TPSA) is 47.0 Å². The summed E-state index contributed by atoms with van der Waals surface area (Å²) >= 11 is 1.59. The molecule has 1 aliphatic carbocycles. The van der Waals surface area contributed by atoms with Gasteiger partial charge in [0.05, 0.1) is 6.10 Å². The molecule has 4 nitrogen and oxygen atoms in total. The molecule has 0 radical (unpaired) electrons. The maximum absolute atomic E-state index is 6.05. The molecule has 5 heteroatoms. The van der Waals surface area contributed by atoms with Crippen molar-refractivity contribution >= 4 is 16.5 Å². The van der Waals surface area contributed by atoms with E-state index in [0.717, 1.165) is 29.0 Å². The Bertz CT molecular complexity index is 405. The largest absolute Gasteiger partial charge is 0.371 e. The smallest absolute Gasteiger partial charge is 0.205 e. The van der Waals surface area contributed by atoms with Gasteiger partial charge in [0.2, 0.25) is 5.13 Å². The summed E-state index contributed by atoms with van der Waals surface area (Å²) in [6.45, 7) is 10.5. The van der Waals surface area contributed by atoms with Gasteiger partial charge in [-0.05, 0) is 37.5 Å². The number of nitrogens with one attached hydrogen (secondary N) is 1. The number of anilines is 1. The van der Waals surface area contributed by atoms with Crippen molar-refractivity contribution in [3.8, 4) is 0 Å². The van der Waals surface area contributed by atoms with Crippen molar-refractivity contribution < 1.29 is 4.74 Å². The lowest BCUT2D eigenvalue weighted by Gasteiger charge is -2.38. The molecule has 1 saturated carbocycles. The van der Waals surface area contributed by atoms with E-state index < -0.39 is 0 Å². The van der Waals surface area contributed by atoms with Gasteiger partial charge < -0.3 is 10.1 Å². The van der Waals surface area contributed by atoms with E-state index in [9.17, 15) is 0 Å². The zero-order valence-corrected chi connectivity index (χ0v) is 13.2. The molecule has 19 heavy (non-hydrogen) atoms. The molecule has 1 aromatic rings. The van der Waals surface area contributed by atoms with Crippen molar-refractivity contribution in [1.82, 2.24) is 10.2 Å². The third-order valence-electron chi connectivity index (χ3n) is 3.58. The van der Waals surface area contributed by atoms with Gasteiger partial charge in [0.1, 0.15) is 11.6 Å². The van der Waals surface area contributed by atoms with Crippen LogP contribution in [0.1, 0.15) is 52.0 Å². The number of ether oxygens (including phenoxy) is 1. The predicted molar refractivity (Wildman–Crippen MR) is 79.4 cm³/mol. The summed E-state index contributed by atoms with van der Waals surface area (Å²) in [5.41, 5.74) is 0.401. The molecule has 0 bridgehead atoms. The van der Waals surface area contributed by atoms with Crippen LogP contribution in [-0.2, 0) is 11.3 Å². The van der Waals surface area contributed by atoms with E-state index in [1.807, 2.05) is 0 Å². The van der Waals surface area contributed by atoms with Gasteiger partial charge in [-0.1, -0.05) is 32.1 Å². The second-order valence-electron chi connectivity index (χ2n) is 6.38. The van der Waals surface area contributed by atoms with Crippen molar-refractivity contribution in [2.24, 2.45) is 11.3 Å². The molecule has 0 aromatic carbocycles. The van der Waals surface area contributed by atoms with Crippen LogP contribution in [0.15, 0.2) is 0 Å². The SMILES string of the molecule is CCNc1nnc(COC2CC(C)CC(C)(C)C2)s1. The van der Waals surface area contributed by atoms with Gasteiger partial charge >= 0.3 is 0 Å². The molecule has 0 aliphatic heterocycles. The predicted octanol–water partition coefficient (Wildman–Crippen LogP) is 3.70. The van der Waals surface area contributed by atoms with E-state index in [1.165, 1.54) is 12.8 Å². The number of hydrogen-bond donors (Lipinski definition) is 1. The number of rotatable bonds is 5. The van der Waals surface area contributed by atoms with Crippen LogP contribution in [0.3, 0.4) is 0 Å². The van der Waals surface area contributed by atoms with Crippen LogP contribution < -0.4 is 5.32 Å². The molecule has 0 amide bonds. The minimum absolute atomic E-state index is 0.366. The van der Waals surface area contributed by atoms with Gasteiger partial charge in [-0.15, -0.1) is 10.2 Å². The Morgan fingerprint density at radius 1 is 1.37 bits per heavy atom. The van der Waals surface area contributed by atoms with Gasteiger partial charge in [-0.25, -0.2) is 0 Å². The summed E-state index contributed by atoms with van der Waals surface area (Å²) in [5.74, 6) is 0.750. The van der Waals surface area contributed by atoms with Crippen molar-refractivity contribution in [1.29, 1.82) is 0 Å². The third-order valence-corrected chi connectivity index (χ3v) is 4.44. The molecular formula is C14H25N3OS. The van der Waals surface area contributed by atoms with Crippen LogP contribution in [-0.4, -0.2) is 22.8 Å². The molecular weight excluding hydrogens is 258 g/mol. The van der Waals surface area contributed by atoms with Gasteiger partial charge in [0, 0.05) is 6.54 Å². The quantitative estimate of drug-likeness (QED) is 0.895. The first kappa shape index (κ1) is 14.7. The highest BCUT2D eigenvalue weighted by atomic mass is 32.1. The maximum Gasteiger partial charge on any atom is 0.205 e. The van der Waals surface area contributed by atoms with Crippen molar-refractivity contribution in [2.75, 3.05) is 11.9 Å². The second-order valence-corrected chi connectivity index (χ2v) is 7.44. The fourth-order valence-corrected chi connectivity index (χ4v) is 3.84. The second kappa shape index (κ2) is 6.18. The first-order valence-electron chi connectivity index (χ1n) is 7.16. The molecule has 0 spiro atoms. The summed E-state index contributed by atoms with van der Waals surface area (Å²) < 4.78 is 6.05. The van der Waals surface area contributed by atoms with E-state index in [0.29, 0.717) is 18.1 Å². The minimum Gasteiger partial charge on any atom is -0.371 e. The van der Waals surface area contributed by atoms with Crippen LogP contribution in [0.5, 0.6) is 0 Å². The average Bonchev–Trinajstić information content (AvgIpc) is 2.72. The Morgan fingerprint density at radius 2 is 2.16 bits per heavy atom. The number of nitrogens with zero attached hydrogens (tertiary/aromatic N) is 2. The maximum atomic E-state index is 6.05. The van der Waals surface area contributed by atoms with E-state index in [1.54, 1.807) is 11.3 Å². The number of hydrogen-bond acceptors (Lipinski definition) is 5. The summed E-state index contributed by atoms with van der Waals surface area (Å²) in [6.07, 6.45) is 3.99. The van der Waals surface area contributed by atoms with E-state index >= 15 is 0 Å². The molecule has 1 aliphatic rings. The molecule has 1 fully saturated rings. The van der Waals surface area contributed by atoms with Crippen LogP contribution in [0.25, 0.3) is 0 Å². The molecule has 0 saturated heterocycles. The lowest BCUT2D eigenvalue weighted by atomic mass is 9.71. The van der Waals surface area contributed by atoms with Crippen molar-refractivity contribution in [3.05, 3.63) is 5.01 Å². The molecule has 1 aromatic heterocycles. The van der Waals surface area contributed by atoms with Crippen LogP contribution in [0, 0.1) is 11.3 Å². The molecule has 1 N–H and O–H groups in total. The molecule has 108 valence electrons. The Hall–Kier alpha value is -0.680.